The van der Waals surface area contributed by atoms with Crippen LogP contribution < -0.4 is 0 Å². The van der Waals surface area contributed by atoms with Gasteiger partial charge >= 0.3 is 0 Å². The normalized spacial score (nSPS) is 31.2. The molecule has 3 aliphatic heterocycles. The van der Waals surface area contributed by atoms with E-state index in [0.717, 1.165) is 32.7 Å². The van der Waals surface area contributed by atoms with Gasteiger partial charge in [0.05, 0.1) is 0 Å². The molecule has 0 N–H and O–H groups in total. The molecule has 19 heavy (non-hydrogen) atoms. The second-order valence-corrected chi connectivity index (χ2v) is 6.80. The van der Waals surface area contributed by atoms with Gasteiger partial charge in [-0.25, -0.2) is 0 Å². The summed E-state index contributed by atoms with van der Waals surface area (Å²) >= 11 is 0. The quantitative estimate of drug-likeness (QED) is 0.756. The molecule has 3 saturated heterocycles. The van der Waals surface area contributed by atoms with Crippen LogP contribution >= 0.6 is 0 Å². The third-order valence-electron chi connectivity index (χ3n) is 5.29. The van der Waals surface area contributed by atoms with E-state index < -0.39 is 0 Å². The maximum atomic E-state index is 12.3. The largest absolute Gasteiger partial charge is 0.381 e. The van der Waals surface area contributed by atoms with Gasteiger partial charge in [0.25, 0.3) is 0 Å². The van der Waals surface area contributed by atoms with Crippen molar-refractivity contribution in [2.75, 3.05) is 46.4 Å². The highest BCUT2D eigenvalue weighted by molar-refractivity contribution is 5.76. The minimum Gasteiger partial charge on any atom is -0.381 e. The summed E-state index contributed by atoms with van der Waals surface area (Å²) in [5, 5.41) is 0. The molecule has 0 aromatic carbocycles. The molecule has 0 aliphatic carbocycles. The topological polar surface area (TPSA) is 32.8 Å². The average molecular weight is 266 g/mol. The Hall–Kier alpha value is -0.610. The number of carbonyl (C=O) groups excluding carboxylic acids is 1. The van der Waals surface area contributed by atoms with Crippen LogP contribution in [0.5, 0.6) is 0 Å². The second-order valence-electron chi connectivity index (χ2n) is 6.80. The molecule has 3 rings (SSSR count). The zero-order chi connectivity index (χ0) is 13.3. The molecule has 1 amide bonds. The Bertz CT molecular complexity index is 331. The number of rotatable bonds is 2. The summed E-state index contributed by atoms with van der Waals surface area (Å²) in [5.41, 5.74) is 0.516. The Morgan fingerprint density at radius 3 is 2.58 bits per heavy atom. The van der Waals surface area contributed by atoms with Crippen LogP contribution in [0.3, 0.4) is 0 Å². The third-order valence-corrected chi connectivity index (χ3v) is 5.29. The predicted octanol–water partition coefficient (Wildman–Crippen LogP) is 1.36. The molecule has 0 bridgehead atoms. The number of amides is 1. The molecule has 1 spiro atoms. The van der Waals surface area contributed by atoms with Gasteiger partial charge in [-0.2, -0.15) is 0 Å². The molecule has 0 aromatic heterocycles. The summed E-state index contributed by atoms with van der Waals surface area (Å²) in [5.74, 6) is 0.831. The Kier molecular flexibility index (Phi) is 3.81. The number of hydrogen-bond donors (Lipinski definition) is 0. The molecule has 0 aromatic rings. The predicted molar refractivity (Wildman–Crippen MR) is 73.9 cm³/mol. The molecule has 3 aliphatic rings. The Morgan fingerprint density at radius 1 is 1.26 bits per heavy atom. The van der Waals surface area contributed by atoms with Gasteiger partial charge < -0.3 is 14.5 Å². The van der Waals surface area contributed by atoms with Gasteiger partial charge in [-0.3, -0.25) is 4.79 Å². The highest BCUT2D eigenvalue weighted by atomic mass is 16.5. The lowest BCUT2D eigenvalue weighted by Gasteiger charge is -2.39. The Labute approximate surface area is 116 Å². The van der Waals surface area contributed by atoms with Gasteiger partial charge in [-0.05, 0) is 50.6 Å². The van der Waals surface area contributed by atoms with Gasteiger partial charge in [0.2, 0.25) is 5.91 Å². The van der Waals surface area contributed by atoms with Crippen LogP contribution in [0.2, 0.25) is 0 Å². The molecular weight excluding hydrogens is 240 g/mol. The lowest BCUT2D eigenvalue weighted by Crippen LogP contribution is -2.44. The van der Waals surface area contributed by atoms with E-state index >= 15 is 0 Å². The highest BCUT2D eigenvalue weighted by Gasteiger charge is 2.40. The monoisotopic (exact) mass is 266 g/mol. The minimum absolute atomic E-state index is 0.358. The van der Waals surface area contributed by atoms with E-state index in [9.17, 15) is 4.79 Å². The molecular formula is C15H26N2O2. The van der Waals surface area contributed by atoms with Crippen molar-refractivity contribution in [3.8, 4) is 0 Å². The highest BCUT2D eigenvalue weighted by Crippen LogP contribution is 2.39. The third kappa shape index (κ3) is 2.95. The fraction of sp³-hybridized carbons (Fsp3) is 0.933. The first-order valence-electron chi connectivity index (χ1n) is 7.71. The van der Waals surface area contributed by atoms with E-state index in [2.05, 4.69) is 16.8 Å². The van der Waals surface area contributed by atoms with Gasteiger partial charge in [0.15, 0.2) is 0 Å². The molecule has 108 valence electrons. The first kappa shape index (κ1) is 13.4. The van der Waals surface area contributed by atoms with Crippen LogP contribution in [0.25, 0.3) is 0 Å². The van der Waals surface area contributed by atoms with Crippen molar-refractivity contribution >= 4 is 5.91 Å². The van der Waals surface area contributed by atoms with Crippen molar-refractivity contribution in [1.82, 2.24) is 9.80 Å². The molecule has 0 radical (unpaired) electrons. The van der Waals surface area contributed by atoms with E-state index in [1.807, 2.05) is 0 Å². The molecule has 0 saturated carbocycles. The fourth-order valence-electron chi connectivity index (χ4n) is 3.92. The summed E-state index contributed by atoms with van der Waals surface area (Å²) < 4.78 is 5.36. The number of piperidine rings is 1. The molecule has 4 nitrogen and oxygen atoms in total. The van der Waals surface area contributed by atoms with E-state index in [1.165, 1.54) is 32.4 Å². The first-order valence-corrected chi connectivity index (χ1v) is 7.71. The Balaban J connectivity index is 1.48. The van der Waals surface area contributed by atoms with Crippen molar-refractivity contribution in [3.05, 3.63) is 0 Å². The number of likely N-dealkylation sites (tertiary alicyclic amines) is 2. The van der Waals surface area contributed by atoms with Crippen molar-refractivity contribution < 1.29 is 9.53 Å². The number of ether oxygens (including phenoxy) is 1. The van der Waals surface area contributed by atoms with Gasteiger partial charge in [0.1, 0.15) is 0 Å². The van der Waals surface area contributed by atoms with Crippen LogP contribution in [-0.2, 0) is 9.53 Å². The van der Waals surface area contributed by atoms with Crippen LogP contribution in [0.4, 0.5) is 0 Å². The van der Waals surface area contributed by atoms with Crippen LogP contribution in [-0.4, -0.2) is 62.1 Å². The van der Waals surface area contributed by atoms with E-state index in [-0.39, 0.29) is 0 Å². The molecule has 4 heteroatoms. The summed E-state index contributed by atoms with van der Waals surface area (Å²) in [6.45, 7) is 6.03. The summed E-state index contributed by atoms with van der Waals surface area (Å²) in [6, 6.07) is 0. The smallest absolute Gasteiger partial charge is 0.222 e. The molecule has 1 atom stereocenters. The zero-order valence-corrected chi connectivity index (χ0v) is 12.1. The van der Waals surface area contributed by atoms with E-state index in [1.54, 1.807) is 0 Å². The molecule has 3 heterocycles. The van der Waals surface area contributed by atoms with Gasteiger partial charge in [0, 0.05) is 39.3 Å². The zero-order valence-electron chi connectivity index (χ0n) is 12.1. The summed E-state index contributed by atoms with van der Waals surface area (Å²) in [6.07, 6.45) is 5.48. The van der Waals surface area contributed by atoms with Crippen molar-refractivity contribution in [3.63, 3.8) is 0 Å². The van der Waals surface area contributed by atoms with Gasteiger partial charge in [-0.1, -0.05) is 0 Å². The van der Waals surface area contributed by atoms with E-state index in [4.69, 9.17) is 4.74 Å². The van der Waals surface area contributed by atoms with Crippen molar-refractivity contribution in [2.45, 2.75) is 32.1 Å². The standard InChI is InChI=1S/C15H26N2O2/c1-16-6-3-15(12-16)4-7-17(8-5-15)14(18)10-13-2-9-19-11-13/h13H,2-12H2,1H3/t13-/m1/s1. The fourth-order valence-corrected chi connectivity index (χ4v) is 3.92. The summed E-state index contributed by atoms with van der Waals surface area (Å²) in [4.78, 5) is 16.8. The maximum absolute atomic E-state index is 12.3. The number of carbonyl (C=O) groups is 1. The first-order chi connectivity index (χ1) is 9.17. The Morgan fingerprint density at radius 2 is 2.00 bits per heavy atom. The lowest BCUT2D eigenvalue weighted by molar-refractivity contribution is -0.134. The van der Waals surface area contributed by atoms with E-state index in [0.29, 0.717) is 23.7 Å². The number of hydrogen-bond acceptors (Lipinski definition) is 3. The van der Waals surface area contributed by atoms with Crippen molar-refractivity contribution in [2.24, 2.45) is 11.3 Å². The SMILES string of the molecule is CN1CCC2(CCN(C(=O)C[C@H]3CCOC3)CC2)C1. The van der Waals surface area contributed by atoms with Crippen molar-refractivity contribution in [1.29, 1.82) is 0 Å². The van der Waals surface area contributed by atoms with Crippen LogP contribution in [0, 0.1) is 11.3 Å². The van der Waals surface area contributed by atoms with Crippen LogP contribution in [0.1, 0.15) is 32.1 Å². The lowest BCUT2D eigenvalue weighted by atomic mass is 9.77. The summed E-state index contributed by atoms with van der Waals surface area (Å²) in [7, 11) is 2.21. The van der Waals surface area contributed by atoms with Crippen LogP contribution in [0.15, 0.2) is 0 Å². The van der Waals surface area contributed by atoms with Gasteiger partial charge in [-0.15, -0.1) is 0 Å². The number of nitrogens with zero attached hydrogens (tertiary/aromatic N) is 2. The minimum atomic E-state index is 0.358. The molecule has 3 fully saturated rings. The average Bonchev–Trinajstić information content (AvgIpc) is 3.01. The second kappa shape index (κ2) is 5.41. The molecule has 0 unspecified atom stereocenters. The maximum Gasteiger partial charge on any atom is 0.222 e.